The Kier molecular flexibility index (Phi) is 3.87. The summed E-state index contributed by atoms with van der Waals surface area (Å²) in [4.78, 5) is 16.3. The zero-order valence-corrected chi connectivity index (χ0v) is 11.2. The van der Waals surface area contributed by atoms with Crippen LogP contribution in [0.4, 0.5) is 0 Å². The number of para-hydroxylation sites is 1. The summed E-state index contributed by atoms with van der Waals surface area (Å²) in [6.07, 6.45) is 2.45. The molecule has 0 aliphatic carbocycles. The molecule has 4 heteroatoms. The van der Waals surface area contributed by atoms with Crippen LogP contribution >= 0.6 is 11.8 Å². The Bertz CT molecular complexity index is 583. The van der Waals surface area contributed by atoms with Crippen molar-refractivity contribution >= 4 is 28.6 Å². The predicted molar refractivity (Wildman–Crippen MR) is 74.3 cm³/mol. The first-order valence-corrected chi connectivity index (χ1v) is 6.79. The van der Waals surface area contributed by atoms with E-state index in [-0.39, 0.29) is 0 Å². The van der Waals surface area contributed by atoms with Crippen molar-refractivity contribution in [2.75, 3.05) is 0 Å². The van der Waals surface area contributed by atoms with Gasteiger partial charge in [-0.3, -0.25) is 4.98 Å². The minimum Gasteiger partial charge on any atom is -0.478 e. The van der Waals surface area contributed by atoms with Gasteiger partial charge in [0.15, 0.2) is 0 Å². The van der Waals surface area contributed by atoms with Crippen LogP contribution in [0.25, 0.3) is 10.9 Å². The number of fused-ring (bicyclic) bond motifs is 1. The maximum absolute atomic E-state index is 11.3. The lowest BCUT2D eigenvalue weighted by Crippen LogP contribution is -2.03. The zero-order valence-electron chi connectivity index (χ0n) is 10.4. The Balaban J connectivity index is 2.62. The molecule has 18 heavy (non-hydrogen) atoms. The Morgan fingerprint density at radius 2 is 2.17 bits per heavy atom. The number of thioether (sulfide) groups is 1. The molecule has 0 amide bonds. The molecule has 2 rings (SSSR count). The molecule has 0 aliphatic rings. The number of carboxylic acids is 1. The summed E-state index contributed by atoms with van der Waals surface area (Å²) in [6, 6.07) is 7.66. The minimum absolute atomic E-state index is 0.291. The number of aromatic nitrogens is 1. The van der Waals surface area contributed by atoms with Gasteiger partial charge in [-0.1, -0.05) is 32.0 Å². The van der Waals surface area contributed by atoms with E-state index in [1.807, 2.05) is 24.3 Å². The van der Waals surface area contributed by atoms with Gasteiger partial charge in [-0.2, -0.15) is 0 Å². The SMILES string of the molecule is CCC(C)Sc1c(C(=O)O)cnc2ccccc12. The summed E-state index contributed by atoms with van der Waals surface area (Å²) in [5.41, 5.74) is 1.13. The van der Waals surface area contributed by atoms with Crippen molar-refractivity contribution in [1.29, 1.82) is 0 Å². The molecule has 3 nitrogen and oxygen atoms in total. The quantitative estimate of drug-likeness (QED) is 0.850. The maximum Gasteiger partial charge on any atom is 0.338 e. The highest BCUT2D eigenvalue weighted by Crippen LogP contribution is 2.34. The van der Waals surface area contributed by atoms with Crippen molar-refractivity contribution in [1.82, 2.24) is 4.98 Å². The topological polar surface area (TPSA) is 50.2 Å². The largest absolute Gasteiger partial charge is 0.478 e. The first-order valence-electron chi connectivity index (χ1n) is 5.91. The summed E-state index contributed by atoms with van der Waals surface area (Å²) >= 11 is 1.61. The van der Waals surface area contributed by atoms with E-state index in [9.17, 15) is 9.90 Å². The normalized spacial score (nSPS) is 12.6. The predicted octanol–water partition coefficient (Wildman–Crippen LogP) is 3.82. The Hall–Kier alpha value is -1.55. The van der Waals surface area contributed by atoms with Gasteiger partial charge in [0.05, 0.1) is 11.1 Å². The highest BCUT2D eigenvalue weighted by molar-refractivity contribution is 8.00. The number of benzene rings is 1. The molecule has 0 radical (unpaired) electrons. The van der Waals surface area contributed by atoms with Crippen molar-refractivity contribution < 1.29 is 9.90 Å². The molecule has 1 heterocycles. The highest BCUT2D eigenvalue weighted by atomic mass is 32.2. The lowest BCUT2D eigenvalue weighted by atomic mass is 10.1. The number of pyridine rings is 1. The van der Waals surface area contributed by atoms with Crippen LogP contribution in [0, 0.1) is 0 Å². The monoisotopic (exact) mass is 261 g/mol. The number of hydrogen-bond donors (Lipinski definition) is 1. The number of carbonyl (C=O) groups is 1. The van der Waals surface area contributed by atoms with Gasteiger partial charge < -0.3 is 5.11 Å². The molecule has 1 aromatic heterocycles. The molecule has 1 atom stereocenters. The van der Waals surface area contributed by atoms with Gasteiger partial charge >= 0.3 is 5.97 Å². The summed E-state index contributed by atoms with van der Waals surface area (Å²) in [5, 5.41) is 10.6. The van der Waals surface area contributed by atoms with E-state index in [0.29, 0.717) is 10.8 Å². The third-order valence-electron chi connectivity index (χ3n) is 2.85. The van der Waals surface area contributed by atoms with Gasteiger partial charge in [0, 0.05) is 21.7 Å². The zero-order chi connectivity index (χ0) is 13.1. The van der Waals surface area contributed by atoms with Gasteiger partial charge in [0.25, 0.3) is 0 Å². The standard InChI is InChI=1S/C14H15NO2S/c1-3-9(2)18-13-10-6-4-5-7-12(10)15-8-11(13)14(16)17/h4-9H,3H2,1-2H3,(H,16,17). The van der Waals surface area contributed by atoms with Gasteiger partial charge in [-0.15, -0.1) is 11.8 Å². The average molecular weight is 261 g/mol. The molecule has 1 aromatic carbocycles. The van der Waals surface area contributed by atoms with Crippen LogP contribution in [0.1, 0.15) is 30.6 Å². The van der Waals surface area contributed by atoms with E-state index >= 15 is 0 Å². The third-order valence-corrected chi connectivity index (χ3v) is 4.26. The van der Waals surface area contributed by atoms with E-state index in [4.69, 9.17) is 0 Å². The molecule has 1 unspecified atom stereocenters. The molecular weight excluding hydrogens is 246 g/mol. The van der Waals surface area contributed by atoms with Crippen LogP contribution in [-0.4, -0.2) is 21.3 Å². The first kappa shape index (κ1) is 12.9. The van der Waals surface area contributed by atoms with Crippen LogP contribution in [0.15, 0.2) is 35.4 Å². The van der Waals surface area contributed by atoms with E-state index in [0.717, 1.165) is 22.2 Å². The van der Waals surface area contributed by atoms with E-state index in [2.05, 4.69) is 18.8 Å². The molecule has 0 aliphatic heterocycles. The van der Waals surface area contributed by atoms with Crippen molar-refractivity contribution in [3.8, 4) is 0 Å². The molecule has 0 saturated carbocycles. The lowest BCUT2D eigenvalue weighted by Gasteiger charge is -2.13. The molecule has 2 aromatic rings. The van der Waals surface area contributed by atoms with Crippen molar-refractivity contribution in [2.24, 2.45) is 0 Å². The second-order valence-corrected chi connectivity index (χ2v) is 5.61. The average Bonchev–Trinajstić information content (AvgIpc) is 2.38. The number of nitrogens with zero attached hydrogens (tertiary/aromatic N) is 1. The van der Waals surface area contributed by atoms with Crippen LogP contribution in [0.3, 0.4) is 0 Å². The number of carboxylic acid groups (broad SMARTS) is 1. The maximum atomic E-state index is 11.3. The summed E-state index contributed by atoms with van der Waals surface area (Å²) in [5.74, 6) is -0.918. The third kappa shape index (κ3) is 2.48. The summed E-state index contributed by atoms with van der Waals surface area (Å²) < 4.78 is 0. The van der Waals surface area contributed by atoms with Crippen LogP contribution in [0.5, 0.6) is 0 Å². The summed E-state index contributed by atoms with van der Waals surface area (Å²) in [6.45, 7) is 4.20. The van der Waals surface area contributed by atoms with Crippen LogP contribution in [-0.2, 0) is 0 Å². The number of aromatic carboxylic acids is 1. The molecule has 0 spiro atoms. The highest BCUT2D eigenvalue weighted by Gasteiger charge is 2.16. The molecule has 0 fully saturated rings. The second kappa shape index (κ2) is 5.40. The fraction of sp³-hybridized carbons (Fsp3) is 0.286. The fourth-order valence-corrected chi connectivity index (χ4v) is 2.82. The molecule has 0 bridgehead atoms. The van der Waals surface area contributed by atoms with E-state index in [1.165, 1.54) is 6.20 Å². The smallest absolute Gasteiger partial charge is 0.338 e. The Morgan fingerprint density at radius 3 is 2.83 bits per heavy atom. The van der Waals surface area contributed by atoms with Crippen molar-refractivity contribution in [2.45, 2.75) is 30.4 Å². The fourth-order valence-electron chi connectivity index (χ4n) is 1.68. The summed E-state index contributed by atoms with van der Waals surface area (Å²) in [7, 11) is 0. The Labute approximate surface area is 110 Å². The van der Waals surface area contributed by atoms with E-state index in [1.54, 1.807) is 11.8 Å². The second-order valence-electron chi connectivity index (χ2n) is 4.16. The van der Waals surface area contributed by atoms with Crippen LogP contribution in [0.2, 0.25) is 0 Å². The van der Waals surface area contributed by atoms with E-state index < -0.39 is 5.97 Å². The van der Waals surface area contributed by atoms with Gasteiger partial charge in [0.1, 0.15) is 0 Å². The molecular formula is C14H15NO2S. The first-order chi connectivity index (χ1) is 8.63. The van der Waals surface area contributed by atoms with Gasteiger partial charge in [0.2, 0.25) is 0 Å². The number of rotatable bonds is 4. The lowest BCUT2D eigenvalue weighted by molar-refractivity contribution is 0.0693. The van der Waals surface area contributed by atoms with Crippen molar-refractivity contribution in [3.05, 3.63) is 36.0 Å². The van der Waals surface area contributed by atoms with Crippen LogP contribution < -0.4 is 0 Å². The molecule has 94 valence electrons. The van der Waals surface area contributed by atoms with Gasteiger partial charge in [-0.25, -0.2) is 4.79 Å². The molecule has 1 N–H and O–H groups in total. The number of hydrogen-bond acceptors (Lipinski definition) is 3. The minimum atomic E-state index is -0.918. The van der Waals surface area contributed by atoms with Crippen molar-refractivity contribution in [3.63, 3.8) is 0 Å². The molecule has 0 saturated heterocycles. The van der Waals surface area contributed by atoms with Gasteiger partial charge in [-0.05, 0) is 12.5 Å². The Morgan fingerprint density at radius 1 is 1.44 bits per heavy atom.